The molecule has 5 aromatic carbocycles. The van der Waals surface area contributed by atoms with Gasteiger partial charge in [0.25, 0.3) is 0 Å². The predicted octanol–water partition coefficient (Wildman–Crippen LogP) is 8.23. The molecule has 0 N–H and O–H groups in total. The van der Waals surface area contributed by atoms with Crippen molar-refractivity contribution in [3.05, 3.63) is 146 Å². The van der Waals surface area contributed by atoms with Crippen molar-refractivity contribution >= 4 is 43.2 Å². The number of hydrogen-bond acceptors (Lipinski definition) is 3. The van der Waals surface area contributed by atoms with Gasteiger partial charge in [0.15, 0.2) is 0 Å². The number of aromatic nitrogens is 3. The Morgan fingerprint density at radius 1 is 0.622 bits per heavy atom. The molecule has 0 aliphatic rings. The molecule has 0 aliphatic heterocycles. The van der Waals surface area contributed by atoms with Crippen molar-refractivity contribution in [2.45, 2.75) is 19.6 Å². The van der Waals surface area contributed by atoms with Crippen molar-refractivity contribution < 1.29 is 52.8 Å². The first-order valence-electron chi connectivity index (χ1n) is 13.9. The molecule has 2 heterocycles. The standard InChI is InChI=1S/C25H14N.C13H15N2Si.B.Ir.Y/c1-2-9-23-18(6-1)11-12-19-13-14-21(17-24(19)23)20-7-5-8-22(16-20)25-10-3-4-15-26-25;1-16(2,3)12-9-14-13(15-10-12)11-7-5-4-6-8-11;;;/h1-7,9-13,15,17H;4-7,9-10H,1-3H3;;;/q-3;-1;;;. The summed E-state index contributed by atoms with van der Waals surface area (Å²) in [5.41, 5.74) is 4.72. The molecular weight excluding hydrogens is 818 g/mol. The maximum absolute atomic E-state index is 4.41. The number of fused-ring (bicyclic) bond motifs is 3. The minimum atomic E-state index is -1.29. The molecule has 5 radical (unpaired) electrons. The minimum Gasteiger partial charge on any atom is -0.352 e. The van der Waals surface area contributed by atoms with Gasteiger partial charge in [-0.05, 0) is 22.0 Å². The van der Waals surface area contributed by atoms with Crippen LogP contribution >= 0.6 is 0 Å². The van der Waals surface area contributed by atoms with Gasteiger partial charge >= 0.3 is 0 Å². The summed E-state index contributed by atoms with van der Waals surface area (Å²) < 4.78 is 0. The molecule has 0 saturated carbocycles. The van der Waals surface area contributed by atoms with Crippen LogP contribution in [0.15, 0.2) is 122 Å². The van der Waals surface area contributed by atoms with Gasteiger partial charge in [0, 0.05) is 79.8 Å². The number of hydrogen-bond donors (Lipinski definition) is 0. The van der Waals surface area contributed by atoms with Gasteiger partial charge in [-0.1, -0.05) is 78.6 Å². The SMILES string of the molecule is C[Si](C)(C)c1cnc(-c2[c-]cccc2)nc1.[B].[Ir].[Y].[c-]1ccc(-c2[c-]cc3ccc4ccccc4c3c2)[c-]c1-c1ccccn1. The molecule has 7 heteroatoms. The van der Waals surface area contributed by atoms with E-state index in [1.807, 2.05) is 67.0 Å². The van der Waals surface area contributed by atoms with E-state index in [2.05, 4.69) is 107 Å². The fourth-order valence-corrected chi connectivity index (χ4v) is 5.61. The van der Waals surface area contributed by atoms with Crippen molar-refractivity contribution in [2.24, 2.45) is 0 Å². The molecule has 0 fully saturated rings. The zero-order valence-corrected chi connectivity index (χ0v) is 31.6. The monoisotopic (exact) mass is 848 g/mol. The largest absolute Gasteiger partial charge is 0.352 e. The molecule has 3 nitrogen and oxygen atoms in total. The smallest absolute Gasteiger partial charge is 0.0815 e. The van der Waals surface area contributed by atoms with Crippen LogP contribution in [-0.4, -0.2) is 31.4 Å². The molecule has 2 aromatic heterocycles. The summed E-state index contributed by atoms with van der Waals surface area (Å²) >= 11 is 0. The average Bonchev–Trinajstić information content (AvgIpc) is 3.05. The van der Waals surface area contributed by atoms with Crippen LogP contribution in [0.2, 0.25) is 19.6 Å². The van der Waals surface area contributed by atoms with E-state index in [-0.39, 0.29) is 61.2 Å². The summed E-state index contributed by atoms with van der Waals surface area (Å²) in [5, 5.41) is 6.22. The minimum absolute atomic E-state index is 0. The molecule has 7 aromatic rings. The van der Waals surface area contributed by atoms with Crippen molar-refractivity contribution in [3.8, 4) is 33.8 Å². The van der Waals surface area contributed by atoms with Crippen molar-refractivity contribution in [1.82, 2.24) is 15.0 Å². The van der Waals surface area contributed by atoms with Crippen molar-refractivity contribution in [1.29, 1.82) is 0 Å². The Labute approximate surface area is 307 Å². The number of benzene rings is 5. The maximum atomic E-state index is 4.41. The molecule has 0 bridgehead atoms. The van der Waals surface area contributed by atoms with Crippen LogP contribution in [0.25, 0.3) is 55.3 Å². The third-order valence-electron chi connectivity index (χ3n) is 7.09. The molecule has 0 saturated heterocycles. The van der Waals surface area contributed by atoms with Gasteiger partial charge in [-0.15, -0.1) is 60.2 Å². The molecule has 0 unspecified atom stereocenters. The van der Waals surface area contributed by atoms with E-state index in [4.69, 9.17) is 0 Å². The molecule has 0 amide bonds. The second-order valence-electron chi connectivity index (χ2n) is 11.1. The second-order valence-corrected chi connectivity index (χ2v) is 16.1. The Kier molecular flexibility index (Phi) is 13.3. The van der Waals surface area contributed by atoms with E-state index in [0.717, 1.165) is 33.8 Å². The van der Waals surface area contributed by atoms with E-state index in [1.165, 1.54) is 26.7 Å². The zero-order chi connectivity index (χ0) is 28.9. The number of nitrogens with zero attached hydrogens (tertiary/aromatic N) is 3. The molecule has 219 valence electrons. The normalized spacial score (nSPS) is 10.5. The van der Waals surface area contributed by atoms with E-state index in [0.29, 0.717) is 0 Å². The summed E-state index contributed by atoms with van der Waals surface area (Å²) in [7, 11) is -1.29. The summed E-state index contributed by atoms with van der Waals surface area (Å²) in [6.07, 6.45) is 5.70. The third kappa shape index (κ3) is 8.79. The van der Waals surface area contributed by atoms with E-state index in [9.17, 15) is 0 Å². The van der Waals surface area contributed by atoms with Crippen LogP contribution in [0.5, 0.6) is 0 Å². The Balaban J connectivity index is 0.000000254. The number of rotatable bonds is 4. The Hall–Kier alpha value is -3.11. The van der Waals surface area contributed by atoms with Gasteiger partial charge in [-0.3, -0.25) is 33.2 Å². The Morgan fingerprint density at radius 3 is 2.07 bits per heavy atom. The van der Waals surface area contributed by atoms with Crippen LogP contribution in [0.3, 0.4) is 0 Å². The predicted molar refractivity (Wildman–Crippen MR) is 182 cm³/mol. The second kappa shape index (κ2) is 16.4. The summed E-state index contributed by atoms with van der Waals surface area (Å²) in [6.45, 7) is 6.88. The quantitative estimate of drug-likeness (QED) is 0.102. The zero-order valence-electron chi connectivity index (χ0n) is 25.4. The van der Waals surface area contributed by atoms with Gasteiger partial charge < -0.3 is 11.1 Å². The first-order chi connectivity index (χ1) is 20.5. The summed E-state index contributed by atoms with van der Waals surface area (Å²) in [4.78, 5) is 13.2. The first-order valence-corrected chi connectivity index (χ1v) is 17.4. The van der Waals surface area contributed by atoms with Gasteiger partial charge in [-0.2, -0.15) is 5.56 Å². The average molecular weight is 848 g/mol. The maximum Gasteiger partial charge on any atom is 0.0815 e. The number of pyridine rings is 1. The van der Waals surface area contributed by atoms with Crippen LogP contribution in [0.1, 0.15) is 0 Å². The first kappa shape index (κ1) is 36.4. The summed E-state index contributed by atoms with van der Waals surface area (Å²) in [6, 6.07) is 47.8. The van der Waals surface area contributed by atoms with Crippen LogP contribution in [0, 0.1) is 24.3 Å². The van der Waals surface area contributed by atoms with E-state index in [1.54, 1.807) is 6.20 Å². The Bertz CT molecular complexity index is 1970. The van der Waals surface area contributed by atoms with Gasteiger partial charge in [-0.25, -0.2) is 6.07 Å². The van der Waals surface area contributed by atoms with Crippen molar-refractivity contribution in [2.75, 3.05) is 0 Å². The molecule has 0 spiro atoms. The van der Waals surface area contributed by atoms with Gasteiger partial charge in [0.1, 0.15) is 0 Å². The van der Waals surface area contributed by atoms with Gasteiger partial charge in [0.05, 0.1) is 13.9 Å². The van der Waals surface area contributed by atoms with Gasteiger partial charge in [0.2, 0.25) is 0 Å². The van der Waals surface area contributed by atoms with E-state index >= 15 is 0 Å². The fourth-order valence-electron chi connectivity index (χ4n) is 4.71. The Morgan fingerprint density at radius 2 is 1.36 bits per heavy atom. The molecule has 45 heavy (non-hydrogen) atoms. The molecular formula is C38H29BIrN3SiY-4. The van der Waals surface area contributed by atoms with Crippen LogP contribution < -0.4 is 5.19 Å². The third-order valence-corrected chi connectivity index (χ3v) is 9.08. The van der Waals surface area contributed by atoms with Crippen LogP contribution in [0.4, 0.5) is 0 Å². The van der Waals surface area contributed by atoms with Crippen molar-refractivity contribution in [3.63, 3.8) is 0 Å². The summed E-state index contributed by atoms with van der Waals surface area (Å²) in [5.74, 6) is 0.752. The molecule has 0 aliphatic carbocycles. The fraction of sp³-hybridized carbons (Fsp3) is 0.0789. The topological polar surface area (TPSA) is 38.7 Å². The molecule has 7 rings (SSSR count). The van der Waals surface area contributed by atoms with E-state index < -0.39 is 8.07 Å². The molecule has 0 atom stereocenters. The van der Waals surface area contributed by atoms with Crippen LogP contribution in [-0.2, 0) is 52.8 Å².